The number of nitrogens with one attached hydrogen (secondary N) is 1. The minimum atomic E-state index is -3.71. The topological polar surface area (TPSA) is 62.1 Å². The van der Waals surface area contributed by atoms with Crippen LogP contribution in [0.2, 0.25) is 0 Å². The second-order valence-electron chi connectivity index (χ2n) is 7.93. The van der Waals surface area contributed by atoms with Crippen LogP contribution in [-0.2, 0) is 14.8 Å². The number of aryl methyl sites for hydroxylation is 1. The van der Waals surface area contributed by atoms with Crippen LogP contribution in [0.3, 0.4) is 0 Å². The number of hydrogen-bond acceptors (Lipinski definition) is 3. The summed E-state index contributed by atoms with van der Waals surface area (Å²) < 4.78 is 28.3. The number of carbonyl (C=O) groups is 1. The van der Waals surface area contributed by atoms with Crippen LogP contribution in [0.15, 0.2) is 59.5 Å². The molecule has 2 aromatic carbocycles. The summed E-state index contributed by atoms with van der Waals surface area (Å²) in [7, 11) is -3.71. The highest BCUT2D eigenvalue weighted by molar-refractivity contribution is 7.89. The summed E-state index contributed by atoms with van der Waals surface area (Å²) in [4.78, 5) is 16.4. The molecule has 1 amide bonds. The minimum absolute atomic E-state index is 0.0253. The van der Waals surface area contributed by atoms with Gasteiger partial charge < -0.3 is 9.80 Å². The van der Waals surface area contributed by atoms with Crippen molar-refractivity contribution in [2.75, 3.05) is 32.7 Å². The van der Waals surface area contributed by atoms with Gasteiger partial charge in [-0.05, 0) is 24.6 Å². The van der Waals surface area contributed by atoms with Gasteiger partial charge in [0.05, 0.1) is 18.0 Å². The first kappa shape index (κ1) is 20.1. The number of sulfonamides is 1. The first-order valence-corrected chi connectivity index (χ1v) is 11.7. The molecule has 1 N–H and O–H groups in total. The van der Waals surface area contributed by atoms with Crippen LogP contribution in [0.1, 0.15) is 30.1 Å². The summed E-state index contributed by atoms with van der Waals surface area (Å²) >= 11 is 0. The SMILES string of the molecule is Cc1ccc(S(=O)(=O)N2CCN(C(=O)C[NH+]3CCCC3)[C@@H]2c2ccccc2)cc1. The summed E-state index contributed by atoms with van der Waals surface area (Å²) in [5.74, 6) is 0.0253. The number of rotatable bonds is 5. The van der Waals surface area contributed by atoms with Crippen molar-refractivity contribution >= 4 is 15.9 Å². The molecular weight excluding hydrogens is 386 g/mol. The van der Waals surface area contributed by atoms with Crippen molar-refractivity contribution in [2.45, 2.75) is 30.8 Å². The zero-order valence-electron chi connectivity index (χ0n) is 16.8. The Kier molecular flexibility index (Phi) is 5.72. The third-order valence-corrected chi connectivity index (χ3v) is 7.75. The maximum atomic E-state index is 13.4. The van der Waals surface area contributed by atoms with E-state index in [1.807, 2.05) is 37.3 Å². The van der Waals surface area contributed by atoms with Crippen LogP contribution >= 0.6 is 0 Å². The Labute approximate surface area is 172 Å². The predicted octanol–water partition coefficient (Wildman–Crippen LogP) is 1.21. The largest absolute Gasteiger partial charge is 0.327 e. The van der Waals surface area contributed by atoms with E-state index < -0.39 is 16.2 Å². The Morgan fingerprint density at radius 3 is 2.31 bits per heavy atom. The number of benzene rings is 2. The Hall–Kier alpha value is -2.22. The first-order chi connectivity index (χ1) is 14.0. The van der Waals surface area contributed by atoms with Gasteiger partial charge in [0, 0.05) is 25.9 Å². The average molecular weight is 415 g/mol. The highest BCUT2D eigenvalue weighted by Crippen LogP contribution is 2.34. The van der Waals surface area contributed by atoms with Gasteiger partial charge >= 0.3 is 0 Å². The molecule has 2 saturated heterocycles. The fourth-order valence-electron chi connectivity index (χ4n) is 4.30. The zero-order chi connectivity index (χ0) is 20.4. The molecule has 1 atom stereocenters. The number of hydrogen-bond donors (Lipinski definition) is 1. The van der Waals surface area contributed by atoms with E-state index in [1.54, 1.807) is 29.2 Å². The fraction of sp³-hybridized carbons (Fsp3) is 0.409. The van der Waals surface area contributed by atoms with Gasteiger partial charge in [-0.15, -0.1) is 0 Å². The molecule has 4 rings (SSSR count). The molecule has 0 saturated carbocycles. The van der Waals surface area contributed by atoms with Gasteiger partial charge in [-0.3, -0.25) is 4.79 Å². The van der Waals surface area contributed by atoms with Gasteiger partial charge in [0.1, 0.15) is 6.17 Å². The molecule has 2 aliphatic heterocycles. The quantitative estimate of drug-likeness (QED) is 0.800. The second kappa shape index (κ2) is 8.26. The van der Waals surface area contributed by atoms with Gasteiger partial charge in [0.15, 0.2) is 6.54 Å². The van der Waals surface area contributed by atoms with Crippen molar-refractivity contribution < 1.29 is 18.1 Å². The second-order valence-corrected chi connectivity index (χ2v) is 9.82. The minimum Gasteiger partial charge on any atom is -0.327 e. The summed E-state index contributed by atoms with van der Waals surface area (Å²) in [5, 5.41) is 0. The number of nitrogens with zero attached hydrogens (tertiary/aromatic N) is 2. The van der Waals surface area contributed by atoms with Crippen molar-refractivity contribution in [1.29, 1.82) is 0 Å². The normalized spacial score (nSPS) is 21.0. The Bertz CT molecular complexity index is 955. The van der Waals surface area contributed by atoms with Gasteiger partial charge in [0.25, 0.3) is 5.91 Å². The summed E-state index contributed by atoms with van der Waals surface area (Å²) in [6, 6.07) is 16.4. The molecule has 6 nitrogen and oxygen atoms in total. The van der Waals surface area contributed by atoms with E-state index in [4.69, 9.17) is 0 Å². The molecular formula is C22H28N3O3S+. The lowest BCUT2D eigenvalue weighted by molar-refractivity contribution is -0.879. The van der Waals surface area contributed by atoms with Crippen LogP contribution in [0.5, 0.6) is 0 Å². The first-order valence-electron chi connectivity index (χ1n) is 10.2. The molecule has 0 unspecified atom stereocenters. The molecule has 154 valence electrons. The third kappa shape index (κ3) is 4.08. The molecule has 2 aromatic rings. The Morgan fingerprint density at radius 2 is 1.66 bits per heavy atom. The van der Waals surface area contributed by atoms with Crippen LogP contribution in [0.4, 0.5) is 0 Å². The van der Waals surface area contributed by atoms with Crippen LogP contribution in [0, 0.1) is 6.92 Å². The van der Waals surface area contributed by atoms with Crippen LogP contribution < -0.4 is 4.90 Å². The molecule has 2 heterocycles. The van der Waals surface area contributed by atoms with E-state index in [2.05, 4.69) is 0 Å². The number of amides is 1. The number of carbonyl (C=O) groups excluding carboxylic acids is 1. The van der Waals surface area contributed by atoms with E-state index >= 15 is 0 Å². The van der Waals surface area contributed by atoms with Crippen LogP contribution in [-0.4, -0.2) is 56.3 Å². The zero-order valence-corrected chi connectivity index (χ0v) is 17.6. The average Bonchev–Trinajstić information content (AvgIpc) is 3.39. The maximum Gasteiger partial charge on any atom is 0.279 e. The molecule has 0 aliphatic carbocycles. The monoisotopic (exact) mass is 414 g/mol. The lowest BCUT2D eigenvalue weighted by Crippen LogP contribution is -3.11. The number of likely N-dealkylation sites (tertiary alicyclic amines) is 1. The molecule has 7 heteroatoms. The molecule has 2 fully saturated rings. The smallest absolute Gasteiger partial charge is 0.279 e. The lowest BCUT2D eigenvalue weighted by atomic mass is 10.1. The van der Waals surface area contributed by atoms with Gasteiger partial charge in [0.2, 0.25) is 10.0 Å². The van der Waals surface area contributed by atoms with Crippen molar-refractivity contribution in [3.63, 3.8) is 0 Å². The van der Waals surface area contributed by atoms with E-state index in [-0.39, 0.29) is 10.8 Å². The molecule has 0 bridgehead atoms. The predicted molar refractivity (Wildman–Crippen MR) is 111 cm³/mol. The van der Waals surface area contributed by atoms with Gasteiger partial charge in [-0.1, -0.05) is 48.0 Å². The lowest BCUT2D eigenvalue weighted by Gasteiger charge is -2.30. The maximum absolute atomic E-state index is 13.4. The molecule has 2 aliphatic rings. The molecule has 0 spiro atoms. The van der Waals surface area contributed by atoms with E-state index in [0.717, 1.165) is 37.1 Å². The van der Waals surface area contributed by atoms with E-state index in [0.29, 0.717) is 19.6 Å². The summed E-state index contributed by atoms with van der Waals surface area (Å²) in [5.41, 5.74) is 1.83. The molecule has 0 aromatic heterocycles. The Balaban J connectivity index is 1.66. The van der Waals surface area contributed by atoms with Crippen molar-refractivity contribution in [1.82, 2.24) is 9.21 Å². The molecule has 0 radical (unpaired) electrons. The summed E-state index contributed by atoms with van der Waals surface area (Å²) in [6.07, 6.45) is 1.70. The van der Waals surface area contributed by atoms with Crippen molar-refractivity contribution in [3.8, 4) is 0 Å². The van der Waals surface area contributed by atoms with Gasteiger partial charge in [-0.25, -0.2) is 8.42 Å². The van der Waals surface area contributed by atoms with Crippen molar-refractivity contribution in [2.24, 2.45) is 0 Å². The number of quaternary nitrogens is 1. The van der Waals surface area contributed by atoms with E-state index in [9.17, 15) is 13.2 Å². The molecule has 29 heavy (non-hydrogen) atoms. The van der Waals surface area contributed by atoms with Crippen LogP contribution in [0.25, 0.3) is 0 Å². The standard InChI is InChI=1S/C22H27N3O3S/c1-18-9-11-20(12-10-18)29(27,28)25-16-15-24(21(26)17-23-13-5-6-14-23)22(25)19-7-3-2-4-8-19/h2-4,7-12,22H,5-6,13-17H2,1H3/p+1/t22-/m0/s1. The van der Waals surface area contributed by atoms with E-state index in [1.165, 1.54) is 9.21 Å². The highest BCUT2D eigenvalue weighted by Gasteiger charge is 2.43. The summed E-state index contributed by atoms with van der Waals surface area (Å²) in [6.45, 7) is 5.11. The third-order valence-electron chi connectivity index (χ3n) is 5.89. The van der Waals surface area contributed by atoms with Crippen molar-refractivity contribution in [3.05, 3.63) is 65.7 Å². The highest BCUT2D eigenvalue weighted by atomic mass is 32.2. The Morgan fingerprint density at radius 1 is 1.00 bits per heavy atom. The fourth-order valence-corrected chi connectivity index (χ4v) is 5.87. The van der Waals surface area contributed by atoms with Gasteiger partial charge in [-0.2, -0.15) is 4.31 Å².